The van der Waals surface area contributed by atoms with Crippen LogP contribution in [0.4, 0.5) is 0 Å². The van der Waals surface area contributed by atoms with Crippen molar-refractivity contribution < 1.29 is 117 Å². The Bertz CT molecular complexity index is 1660. The Morgan fingerprint density at radius 1 is 0.611 bits per heavy atom. The number of methoxy groups -OCH3 is 4. The topological polar surface area (TPSA) is 216 Å². The van der Waals surface area contributed by atoms with E-state index in [4.69, 9.17) is 18.9 Å². The van der Waals surface area contributed by atoms with Crippen molar-refractivity contribution in [2.75, 3.05) is 28.4 Å². The number of nitrogens with zero attached hydrogens (tertiary/aromatic N) is 2. The van der Waals surface area contributed by atoms with E-state index in [9.17, 15) is 39.0 Å². The molecule has 0 spiro atoms. The summed E-state index contributed by atoms with van der Waals surface area (Å²) < 4.78 is 19.4. The first-order valence-electron chi connectivity index (χ1n) is 15.9. The van der Waals surface area contributed by atoms with Gasteiger partial charge in [0.05, 0.1) is 52.5 Å². The molecule has 4 fully saturated rings. The first-order valence-corrected chi connectivity index (χ1v) is 17.7. The standard InChI is InChI=1S/2C17H20N2O6S.2Na/c2*1-17(2)12(16(22)23)19-14(21)11(15(19)26-17)18-13(20)10-8(24-3)6-5-7-9(10)25-4;;/h2*5-7,11-12,15H,1-4H3,(H,18,20)(H,22,23);;/q;;2*+1/p-2/t2*11-,12+,15-;;/m11../s1. The molecule has 2 aromatic rings. The third-order valence-electron chi connectivity index (χ3n) is 9.21. The van der Waals surface area contributed by atoms with Gasteiger partial charge in [0.15, 0.2) is 0 Å². The quantitative estimate of drug-likeness (QED) is 0.169. The summed E-state index contributed by atoms with van der Waals surface area (Å²) in [5.41, 5.74) is 0.366. The molecule has 0 saturated carbocycles. The summed E-state index contributed by atoms with van der Waals surface area (Å²) in [7, 11) is 5.73. The normalized spacial score (nSPS) is 25.0. The zero-order valence-corrected chi connectivity index (χ0v) is 37.2. The molecule has 6 rings (SSSR count). The van der Waals surface area contributed by atoms with Crippen molar-refractivity contribution in [3.63, 3.8) is 0 Å². The van der Waals surface area contributed by atoms with Gasteiger partial charge in [0, 0.05) is 9.49 Å². The minimum atomic E-state index is -1.30. The molecule has 0 unspecified atom stereocenters. The largest absolute Gasteiger partial charge is 1.00 e. The Morgan fingerprint density at radius 3 is 1.13 bits per heavy atom. The van der Waals surface area contributed by atoms with Crippen LogP contribution in [-0.2, 0) is 19.2 Å². The fourth-order valence-electron chi connectivity index (χ4n) is 6.83. The number of rotatable bonds is 10. The van der Waals surface area contributed by atoms with Gasteiger partial charge in [-0.1, -0.05) is 12.1 Å². The molecule has 6 atom stereocenters. The van der Waals surface area contributed by atoms with Gasteiger partial charge in [-0.25, -0.2) is 0 Å². The van der Waals surface area contributed by atoms with Crippen LogP contribution < -0.4 is 98.9 Å². The summed E-state index contributed by atoms with van der Waals surface area (Å²) in [6.45, 7) is 6.97. The summed E-state index contributed by atoms with van der Waals surface area (Å²) in [6, 6.07) is 6.15. The van der Waals surface area contributed by atoms with Gasteiger partial charge in [0.1, 0.15) is 57.0 Å². The van der Waals surface area contributed by atoms with E-state index >= 15 is 0 Å². The molecule has 4 heterocycles. The van der Waals surface area contributed by atoms with Crippen molar-refractivity contribution >= 4 is 59.1 Å². The summed E-state index contributed by atoms with van der Waals surface area (Å²) in [6.07, 6.45) is 0. The molecule has 2 aromatic carbocycles. The minimum Gasteiger partial charge on any atom is -0.548 e. The molecular formula is C34H38N4Na2O12S2. The molecule has 0 aromatic heterocycles. The molecule has 16 nitrogen and oxygen atoms in total. The number of thioether (sulfide) groups is 2. The predicted octanol–water partition coefficient (Wildman–Crippen LogP) is -6.76. The first kappa shape index (κ1) is 45.5. The second-order valence-corrected chi connectivity index (χ2v) is 16.7. The maximum atomic E-state index is 12.7. The number of aliphatic carboxylic acids is 2. The average Bonchev–Trinajstić information content (AvgIpc) is 3.52. The first-order chi connectivity index (χ1) is 24.4. The van der Waals surface area contributed by atoms with Gasteiger partial charge in [0.2, 0.25) is 11.8 Å². The second kappa shape index (κ2) is 17.5. The zero-order chi connectivity index (χ0) is 38.4. The number of ether oxygens (including phenoxy) is 4. The number of carboxylic acids is 2. The fourth-order valence-corrected chi connectivity index (χ4v) is 10.1. The Kier molecular flexibility index (Phi) is 14.8. The van der Waals surface area contributed by atoms with Crippen molar-refractivity contribution in [1.29, 1.82) is 0 Å². The summed E-state index contributed by atoms with van der Waals surface area (Å²) >= 11 is 2.66. The van der Waals surface area contributed by atoms with Gasteiger partial charge < -0.3 is 59.2 Å². The number of amides is 4. The van der Waals surface area contributed by atoms with Gasteiger partial charge in [-0.05, 0) is 52.0 Å². The van der Waals surface area contributed by atoms with Crippen molar-refractivity contribution in [3.05, 3.63) is 47.5 Å². The maximum Gasteiger partial charge on any atom is 1.00 e. The molecule has 4 aliphatic heterocycles. The maximum absolute atomic E-state index is 12.7. The Balaban J connectivity index is 0.000000280. The van der Waals surface area contributed by atoms with E-state index in [1.54, 1.807) is 64.1 Å². The average molecular weight is 805 g/mol. The van der Waals surface area contributed by atoms with Crippen LogP contribution in [0.1, 0.15) is 48.4 Å². The van der Waals surface area contributed by atoms with Crippen LogP contribution in [0.25, 0.3) is 0 Å². The van der Waals surface area contributed by atoms with Crippen molar-refractivity contribution in [2.45, 2.75) is 72.1 Å². The number of carbonyl (C=O) groups excluding carboxylic acids is 6. The van der Waals surface area contributed by atoms with Crippen LogP contribution >= 0.6 is 23.5 Å². The molecule has 0 radical (unpaired) electrons. The monoisotopic (exact) mass is 804 g/mol. The van der Waals surface area contributed by atoms with Crippen LogP contribution in [-0.4, -0.2) is 118 Å². The van der Waals surface area contributed by atoms with Gasteiger partial charge >= 0.3 is 59.1 Å². The fraction of sp³-hybridized carbons (Fsp3) is 0.471. The van der Waals surface area contributed by atoms with E-state index in [1.807, 2.05) is 0 Å². The third kappa shape index (κ3) is 8.03. The molecule has 4 saturated heterocycles. The van der Waals surface area contributed by atoms with Gasteiger partial charge in [-0.3, -0.25) is 19.2 Å². The van der Waals surface area contributed by atoms with Crippen LogP contribution in [0.2, 0.25) is 0 Å². The number of hydrogen-bond donors (Lipinski definition) is 2. The van der Waals surface area contributed by atoms with E-state index in [0.29, 0.717) is 23.0 Å². The predicted molar refractivity (Wildman–Crippen MR) is 184 cm³/mol. The number of carbonyl (C=O) groups is 6. The van der Waals surface area contributed by atoms with E-state index < -0.39 is 80.0 Å². The molecule has 0 aliphatic carbocycles. The molecule has 2 N–H and O–H groups in total. The van der Waals surface area contributed by atoms with Crippen LogP contribution in [0.3, 0.4) is 0 Å². The van der Waals surface area contributed by atoms with E-state index in [2.05, 4.69) is 10.6 Å². The molecule has 0 bridgehead atoms. The van der Waals surface area contributed by atoms with Gasteiger partial charge in [-0.15, -0.1) is 23.5 Å². The molecule has 4 amide bonds. The zero-order valence-electron chi connectivity index (χ0n) is 31.5. The number of benzene rings is 2. The van der Waals surface area contributed by atoms with Gasteiger partial charge in [-0.2, -0.15) is 0 Å². The Labute approximate surface area is 364 Å². The molecule has 20 heteroatoms. The van der Waals surface area contributed by atoms with E-state index in [1.165, 1.54) is 61.8 Å². The molecular weight excluding hydrogens is 767 g/mol. The summed E-state index contributed by atoms with van der Waals surface area (Å²) in [5, 5.41) is 27.3. The number of carboxylic acid groups (broad SMARTS) is 2. The molecule has 280 valence electrons. The number of β-lactam (4-membered cyclic amide) rings is 2. The van der Waals surface area contributed by atoms with Crippen LogP contribution in [0.15, 0.2) is 36.4 Å². The molecule has 54 heavy (non-hydrogen) atoms. The third-order valence-corrected chi connectivity index (χ3v) is 12.4. The Hall–Kier alpha value is -2.84. The van der Waals surface area contributed by atoms with E-state index in [-0.39, 0.29) is 70.2 Å². The van der Waals surface area contributed by atoms with Crippen LogP contribution in [0.5, 0.6) is 23.0 Å². The van der Waals surface area contributed by atoms with Crippen LogP contribution in [0, 0.1) is 0 Å². The van der Waals surface area contributed by atoms with E-state index in [0.717, 1.165) is 0 Å². The van der Waals surface area contributed by atoms with Crippen molar-refractivity contribution in [1.82, 2.24) is 20.4 Å². The second-order valence-electron chi connectivity index (χ2n) is 13.1. The molecule has 4 aliphatic rings. The minimum absolute atomic E-state index is 0. The number of nitrogens with one attached hydrogen (secondary N) is 2. The van der Waals surface area contributed by atoms with Crippen molar-refractivity contribution in [3.8, 4) is 23.0 Å². The summed E-state index contributed by atoms with van der Waals surface area (Å²) in [5.74, 6) is -3.25. The number of fused-ring (bicyclic) bond motifs is 2. The SMILES string of the molecule is COc1cccc(OC)c1C(=O)N[C@@H]1C(=O)N2[C@@H]1SC(C)(C)[C@@H]2C(=O)[O-].COc1cccc(OC)c1C(=O)N[C@@H]1C(=O)N2[C@@H]1SC(C)(C)[C@@H]2C(=O)[O-].[Na+].[Na+]. The smallest absolute Gasteiger partial charge is 0.548 e. The summed E-state index contributed by atoms with van der Waals surface area (Å²) in [4.78, 5) is 75.8. The van der Waals surface area contributed by atoms with Crippen molar-refractivity contribution in [2.24, 2.45) is 0 Å². The number of hydrogen-bond acceptors (Lipinski definition) is 14. The van der Waals surface area contributed by atoms with Gasteiger partial charge in [0.25, 0.3) is 11.8 Å². The Morgan fingerprint density at radius 2 is 0.889 bits per heavy atom.